The largest absolute Gasteiger partial charge is 0.497 e. The number of benzene rings is 1. The normalized spacial score (nSPS) is 9.95. The lowest BCUT2D eigenvalue weighted by molar-refractivity contribution is 0.414. The molecule has 1 aromatic carbocycles. The van der Waals surface area contributed by atoms with Gasteiger partial charge in [-0.3, -0.25) is 4.57 Å². The number of aromatic nitrogens is 2. The maximum absolute atomic E-state index is 11.9. The molecule has 5 nitrogen and oxygen atoms in total. The number of nitrogens with two attached hydrogens (primary N) is 1. The molecule has 0 aliphatic rings. The smallest absolute Gasteiger partial charge is 0.328 e. The molecule has 104 valence electrons. The Hall–Kier alpha value is -2.45. The molecule has 0 amide bonds. The molecule has 0 saturated heterocycles. The molecule has 20 heavy (non-hydrogen) atoms. The molecular weight excluding hydrogens is 254 g/mol. The summed E-state index contributed by atoms with van der Waals surface area (Å²) < 4.78 is 8.38. The summed E-state index contributed by atoms with van der Waals surface area (Å²) in [4.78, 5) is 11.9. The highest BCUT2D eigenvalue weighted by Crippen LogP contribution is 2.17. The summed E-state index contributed by atoms with van der Waals surface area (Å²) in [7, 11) is 3.33. The lowest BCUT2D eigenvalue weighted by Gasteiger charge is -2.08. The number of nitrogens with zero attached hydrogens (tertiary/aromatic N) is 2. The monoisotopic (exact) mass is 271 g/mol. The second-order valence-corrected chi connectivity index (χ2v) is 4.35. The zero-order valence-corrected chi connectivity index (χ0v) is 11.6. The Morgan fingerprint density at radius 1 is 1.35 bits per heavy atom. The first-order valence-corrected chi connectivity index (χ1v) is 6.23. The van der Waals surface area contributed by atoms with Crippen LogP contribution in [0.3, 0.4) is 0 Å². The molecular formula is C15H17N3O2. The Balaban J connectivity index is 2.42. The number of imidazole rings is 1. The molecule has 0 saturated carbocycles. The third kappa shape index (κ3) is 2.92. The fraction of sp³-hybridized carbons (Fsp3) is 0.267. The van der Waals surface area contributed by atoms with E-state index < -0.39 is 0 Å². The minimum Gasteiger partial charge on any atom is -0.497 e. The molecule has 5 heteroatoms. The Morgan fingerprint density at radius 3 is 2.75 bits per heavy atom. The summed E-state index contributed by atoms with van der Waals surface area (Å²) in [5.41, 5.74) is 7.12. The van der Waals surface area contributed by atoms with Crippen molar-refractivity contribution >= 4 is 0 Å². The third-order valence-electron chi connectivity index (χ3n) is 3.00. The predicted molar refractivity (Wildman–Crippen MR) is 77.7 cm³/mol. The summed E-state index contributed by atoms with van der Waals surface area (Å²) in [5, 5.41) is 0. The number of methoxy groups -OCH3 is 1. The molecule has 0 aliphatic heterocycles. The molecule has 0 radical (unpaired) electrons. The Kier molecular flexibility index (Phi) is 4.28. The van der Waals surface area contributed by atoms with E-state index in [1.54, 1.807) is 31.1 Å². The molecule has 0 atom stereocenters. The molecule has 2 rings (SSSR count). The van der Waals surface area contributed by atoms with Gasteiger partial charge in [0, 0.05) is 25.0 Å². The van der Waals surface area contributed by atoms with E-state index in [9.17, 15) is 4.79 Å². The average molecular weight is 271 g/mol. The van der Waals surface area contributed by atoms with Gasteiger partial charge in [-0.05, 0) is 23.8 Å². The van der Waals surface area contributed by atoms with E-state index in [0.29, 0.717) is 13.1 Å². The van der Waals surface area contributed by atoms with Gasteiger partial charge < -0.3 is 15.0 Å². The summed E-state index contributed by atoms with van der Waals surface area (Å²) in [6.07, 6.45) is 3.48. The second-order valence-electron chi connectivity index (χ2n) is 4.35. The minimum atomic E-state index is -0.0643. The molecule has 2 aromatic rings. The van der Waals surface area contributed by atoms with Crippen molar-refractivity contribution in [3.05, 3.63) is 52.2 Å². The predicted octanol–water partition coefficient (Wildman–Crippen LogP) is 0.554. The quantitative estimate of drug-likeness (QED) is 0.829. The lowest BCUT2D eigenvalue weighted by Crippen LogP contribution is -2.22. The van der Waals surface area contributed by atoms with Crippen LogP contribution in [0.25, 0.3) is 0 Å². The van der Waals surface area contributed by atoms with Crippen LogP contribution in [0, 0.1) is 11.8 Å². The van der Waals surface area contributed by atoms with Gasteiger partial charge in [0.2, 0.25) is 0 Å². The van der Waals surface area contributed by atoms with Crippen LogP contribution in [0.5, 0.6) is 5.75 Å². The van der Waals surface area contributed by atoms with Crippen molar-refractivity contribution in [2.75, 3.05) is 13.7 Å². The molecule has 0 unspecified atom stereocenters. The van der Waals surface area contributed by atoms with Crippen molar-refractivity contribution in [3.63, 3.8) is 0 Å². The molecule has 0 fully saturated rings. The number of hydrogen-bond donors (Lipinski definition) is 1. The van der Waals surface area contributed by atoms with Crippen molar-refractivity contribution in [1.29, 1.82) is 0 Å². The van der Waals surface area contributed by atoms with Gasteiger partial charge in [0.1, 0.15) is 5.75 Å². The first kappa shape index (κ1) is 14.0. The van der Waals surface area contributed by atoms with Crippen molar-refractivity contribution in [2.45, 2.75) is 6.54 Å². The standard InChI is InChI=1S/C15H17N3O2/c1-17-8-9-18(15(17)19)11-13-10-14(20-2)6-5-12(13)4-3-7-16/h5-6,8-10H,7,11,16H2,1-2H3. The highest BCUT2D eigenvalue weighted by molar-refractivity contribution is 5.45. The SMILES string of the molecule is COc1ccc(C#CCN)c(Cn2ccn(C)c2=O)c1. The average Bonchev–Trinajstić information content (AvgIpc) is 2.78. The number of hydrogen-bond acceptors (Lipinski definition) is 3. The van der Waals surface area contributed by atoms with Gasteiger partial charge in [0.25, 0.3) is 0 Å². The van der Waals surface area contributed by atoms with Crippen LogP contribution in [0.4, 0.5) is 0 Å². The molecule has 1 heterocycles. The lowest BCUT2D eigenvalue weighted by atomic mass is 10.1. The fourth-order valence-electron chi connectivity index (χ4n) is 1.91. The first-order chi connectivity index (χ1) is 9.65. The molecule has 2 N–H and O–H groups in total. The van der Waals surface area contributed by atoms with Crippen molar-refractivity contribution in [1.82, 2.24) is 9.13 Å². The van der Waals surface area contributed by atoms with E-state index in [0.717, 1.165) is 16.9 Å². The highest BCUT2D eigenvalue weighted by Gasteiger charge is 2.06. The Labute approximate surface area is 117 Å². The van der Waals surface area contributed by atoms with E-state index in [-0.39, 0.29) is 5.69 Å². The third-order valence-corrected chi connectivity index (χ3v) is 3.00. The number of rotatable bonds is 3. The Bertz CT molecular complexity index is 717. The van der Waals surface area contributed by atoms with Gasteiger partial charge in [-0.2, -0.15) is 0 Å². The maximum Gasteiger partial charge on any atom is 0.328 e. The van der Waals surface area contributed by atoms with E-state index in [2.05, 4.69) is 11.8 Å². The molecule has 0 aliphatic carbocycles. The zero-order chi connectivity index (χ0) is 14.5. The van der Waals surface area contributed by atoms with E-state index in [4.69, 9.17) is 10.5 Å². The van der Waals surface area contributed by atoms with Crippen LogP contribution in [0.2, 0.25) is 0 Å². The maximum atomic E-state index is 11.9. The van der Waals surface area contributed by atoms with Crippen LogP contribution in [-0.4, -0.2) is 22.8 Å². The molecule has 1 aromatic heterocycles. The van der Waals surface area contributed by atoms with Gasteiger partial charge in [-0.15, -0.1) is 0 Å². The van der Waals surface area contributed by atoms with Crippen LogP contribution >= 0.6 is 0 Å². The van der Waals surface area contributed by atoms with E-state index in [1.807, 2.05) is 18.2 Å². The molecule has 0 bridgehead atoms. The Morgan fingerprint density at radius 2 is 2.15 bits per heavy atom. The minimum absolute atomic E-state index is 0.0643. The number of ether oxygens (including phenoxy) is 1. The summed E-state index contributed by atoms with van der Waals surface area (Å²) in [5.74, 6) is 6.59. The topological polar surface area (TPSA) is 62.2 Å². The van der Waals surface area contributed by atoms with Crippen molar-refractivity contribution < 1.29 is 4.74 Å². The molecule has 0 spiro atoms. The van der Waals surface area contributed by atoms with Crippen LogP contribution in [0.1, 0.15) is 11.1 Å². The van der Waals surface area contributed by atoms with Gasteiger partial charge in [-0.1, -0.05) is 11.8 Å². The summed E-state index contributed by atoms with van der Waals surface area (Å²) in [6, 6.07) is 5.61. The first-order valence-electron chi connectivity index (χ1n) is 6.23. The zero-order valence-electron chi connectivity index (χ0n) is 11.6. The van der Waals surface area contributed by atoms with Gasteiger partial charge in [-0.25, -0.2) is 4.79 Å². The van der Waals surface area contributed by atoms with E-state index in [1.165, 1.54) is 4.57 Å². The van der Waals surface area contributed by atoms with Gasteiger partial charge >= 0.3 is 5.69 Å². The summed E-state index contributed by atoms with van der Waals surface area (Å²) >= 11 is 0. The van der Waals surface area contributed by atoms with Gasteiger partial charge in [0.05, 0.1) is 20.2 Å². The fourth-order valence-corrected chi connectivity index (χ4v) is 1.91. The van der Waals surface area contributed by atoms with Crippen LogP contribution in [0.15, 0.2) is 35.4 Å². The second kappa shape index (κ2) is 6.13. The van der Waals surface area contributed by atoms with Crippen molar-refractivity contribution in [3.8, 4) is 17.6 Å². The number of aryl methyl sites for hydroxylation is 1. The highest BCUT2D eigenvalue weighted by atomic mass is 16.5. The van der Waals surface area contributed by atoms with Gasteiger partial charge in [0.15, 0.2) is 0 Å². The van der Waals surface area contributed by atoms with E-state index >= 15 is 0 Å². The van der Waals surface area contributed by atoms with Crippen LogP contribution < -0.4 is 16.2 Å². The summed E-state index contributed by atoms with van der Waals surface area (Å²) in [6.45, 7) is 0.752. The van der Waals surface area contributed by atoms with Crippen molar-refractivity contribution in [2.24, 2.45) is 12.8 Å². The van der Waals surface area contributed by atoms with Crippen LogP contribution in [-0.2, 0) is 13.6 Å².